The van der Waals surface area contributed by atoms with E-state index in [0.717, 1.165) is 24.8 Å². The van der Waals surface area contributed by atoms with Crippen LogP contribution in [0.3, 0.4) is 0 Å². The highest BCUT2D eigenvalue weighted by Gasteiger charge is 2.09. The normalized spacial score (nSPS) is 11.2. The molecule has 0 unspecified atom stereocenters. The summed E-state index contributed by atoms with van der Waals surface area (Å²) in [5.74, 6) is 0.683. The first kappa shape index (κ1) is 15.9. The van der Waals surface area contributed by atoms with Crippen molar-refractivity contribution < 1.29 is 0 Å². The van der Waals surface area contributed by atoms with Crippen molar-refractivity contribution in [2.24, 2.45) is 5.92 Å². The van der Waals surface area contributed by atoms with Crippen molar-refractivity contribution in [2.45, 2.75) is 26.9 Å². The minimum Gasteiger partial charge on any atom is -0.347 e. The zero-order chi connectivity index (χ0) is 14.5. The second-order valence-corrected chi connectivity index (χ2v) is 8.63. The van der Waals surface area contributed by atoms with Gasteiger partial charge in [0, 0.05) is 31.2 Å². The first-order chi connectivity index (χ1) is 9.54. The number of rotatable bonds is 7. The van der Waals surface area contributed by atoms with Gasteiger partial charge in [0.15, 0.2) is 5.13 Å². The minimum atomic E-state index is 0.683. The summed E-state index contributed by atoms with van der Waals surface area (Å²) in [6.45, 7) is 7.30. The van der Waals surface area contributed by atoms with Gasteiger partial charge in [-0.15, -0.1) is 22.7 Å². The number of halogens is 1. The molecule has 2 aromatic heterocycles. The minimum absolute atomic E-state index is 0.683. The van der Waals surface area contributed by atoms with Crippen molar-refractivity contribution in [3.8, 4) is 0 Å². The summed E-state index contributed by atoms with van der Waals surface area (Å²) in [5, 5.41) is 6.71. The molecule has 3 nitrogen and oxygen atoms in total. The smallest absolute Gasteiger partial charge is 0.185 e. The second kappa shape index (κ2) is 7.54. The molecule has 0 amide bonds. The van der Waals surface area contributed by atoms with Gasteiger partial charge in [-0.05, 0) is 45.4 Å². The van der Waals surface area contributed by atoms with Gasteiger partial charge >= 0.3 is 0 Å². The summed E-state index contributed by atoms with van der Waals surface area (Å²) in [6, 6.07) is 2.17. The second-order valence-electron chi connectivity index (χ2n) is 5.25. The summed E-state index contributed by atoms with van der Waals surface area (Å²) in [5.41, 5.74) is 1.32. The quantitative estimate of drug-likeness (QED) is 0.781. The molecule has 0 bridgehead atoms. The average molecular weight is 374 g/mol. The van der Waals surface area contributed by atoms with E-state index in [1.54, 1.807) is 22.7 Å². The lowest BCUT2D eigenvalue weighted by molar-refractivity contribution is 0.554. The van der Waals surface area contributed by atoms with Crippen LogP contribution in [0.5, 0.6) is 0 Å². The Morgan fingerprint density at radius 3 is 2.90 bits per heavy atom. The molecule has 110 valence electrons. The Kier molecular flexibility index (Phi) is 6.01. The standard InChI is InChI=1S/C14H20BrN3S2/c1-10(2)5-16-6-12-7-17-14(20-12)18(3)8-11-4-13(15)19-9-11/h4,7,9-10,16H,5-6,8H2,1-3H3. The predicted molar refractivity (Wildman–Crippen MR) is 92.8 cm³/mol. The number of aromatic nitrogens is 1. The van der Waals surface area contributed by atoms with Gasteiger partial charge in [-0.3, -0.25) is 0 Å². The predicted octanol–water partition coefficient (Wildman–Crippen LogP) is 4.35. The highest BCUT2D eigenvalue weighted by Crippen LogP contribution is 2.26. The number of thiazole rings is 1. The van der Waals surface area contributed by atoms with E-state index in [0.29, 0.717) is 5.92 Å². The molecule has 0 saturated carbocycles. The number of nitrogens with zero attached hydrogens (tertiary/aromatic N) is 2. The summed E-state index contributed by atoms with van der Waals surface area (Å²) < 4.78 is 1.18. The molecule has 2 heterocycles. The molecule has 0 fully saturated rings. The van der Waals surface area contributed by atoms with Crippen molar-refractivity contribution in [3.63, 3.8) is 0 Å². The van der Waals surface area contributed by atoms with Gasteiger partial charge in [0.25, 0.3) is 0 Å². The molecule has 0 aliphatic rings. The van der Waals surface area contributed by atoms with Crippen LogP contribution in [0.2, 0.25) is 0 Å². The fourth-order valence-corrected chi connectivity index (χ4v) is 3.85. The Hall–Kier alpha value is -0.430. The van der Waals surface area contributed by atoms with Gasteiger partial charge in [0.1, 0.15) is 0 Å². The molecule has 0 atom stereocenters. The SMILES string of the molecule is CC(C)CNCc1cnc(N(C)Cc2csc(Br)c2)s1. The summed E-state index contributed by atoms with van der Waals surface area (Å²) >= 11 is 6.99. The molecule has 0 aromatic carbocycles. The maximum atomic E-state index is 4.51. The lowest BCUT2D eigenvalue weighted by Gasteiger charge is -2.14. The molecule has 0 aliphatic heterocycles. The Morgan fingerprint density at radius 2 is 2.25 bits per heavy atom. The van der Waals surface area contributed by atoms with Crippen LogP contribution in [0.15, 0.2) is 21.4 Å². The number of anilines is 1. The number of nitrogens with one attached hydrogen (secondary N) is 1. The van der Waals surface area contributed by atoms with E-state index in [2.05, 4.69) is 63.5 Å². The van der Waals surface area contributed by atoms with Gasteiger partial charge in [0.05, 0.1) is 3.79 Å². The van der Waals surface area contributed by atoms with Crippen LogP contribution in [0.25, 0.3) is 0 Å². The highest BCUT2D eigenvalue weighted by atomic mass is 79.9. The summed E-state index contributed by atoms with van der Waals surface area (Å²) in [7, 11) is 2.09. The van der Waals surface area contributed by atoms with Gasteiger partial charge in [0.2, 0.25) is 0 Å². The van der Waals surface area contributed by atoms with Gasteiger partial charge in [-0.1, -0.05) is 13.8 Å². The van der Waals surface area contributed by atoms with E-state index >= 15 is 0 Å². The lowest BCUT2D eigenvalue weighted by atomic mass is 10.2. The van der Waals surface area contributed by atoms with Crippen LogP contribution in [-0.2, 0) is 13.1 Å². The number of thiophene rings is 1. The van der Waals surface area contributed by atoms with E-state index in [1.165, 1.54) is 14.2 Å². The topological polar surface area (TPSA) is 28.2 Å². The Morgan fingerprint density at radius 1 is 1.45 bits per heavy atom. The van der Waals surface area contributed by atoms with Crippen molar-refractivity contribution >= 4 is 43.7 Å². The molecular formula is C14H20BrN3S2. The van der Waals surface area contributed by atoms with E-state index in [9.17, 15) is 0 Å². The van der Waals surface area contributed by atoms with E-state index in [4.69, 9.17) is 0 Å². The molecule has 0 saturated heterocycles. The zero-order valence-electron chi connectivity index (χ0n) is 12.0. The van der Waals surface area contributed by atoms with E-state index in [1.807, 2.05) is 6.20 Å². The molecule has 6 heteroatoms. The fourth-order valence-electron chi connectivity index (χ4n) is 1.81. The monoisotopic (exact) mass is 373 g/mol. The third-order valence-corrected chi connectivity index (χ3v) is 5.43. The first-order valence-electron chi connectivity index (χ1n) is 6.64. The Balaban J connectivity index is 1.87. The van der Waals surface area contributed by atoms with Crippen molar-refractivity contribution in [1.29, 1.82) is 0 Å². The molecular weight excluding hydrogens is 354 g/mol. The third kappa shape index (κ3) is 4.84. The van der Waals surface area contributed by atoms with Crippen LogP contribution in [0, 0.1) is 5.92 Å². The lowest BCUT2D eigenvalue weighted by Crippen LogP contribution is -2.18. The van der Waals surface area contributed by atoms with Crippen LogP contribution < -0.4 is 10.2 Å². The van der Waals surface area contributed by atoms with Crippen LogP contribution in [0.1, 0.15) is 24.3 Å². The third-order valence-electron chi connectivity index (χ3n) is 2.76. The molecule has 2 rings (SSSR count). The van der Waals surface area contributed by atoms with Crippen LogP contribution in [-0.4, -0.2) is 18.6 Å². The van der Waals surface area contributed by atoms with Gasteiger partial charge in [-0.25, -0.2) is 4.98 Å². The van der Waals surface area contributed by atoms with Crippen molar-refractivity contribution in [3.05, 3.63) is 31.9 Å². The number of hydrogen-bond donors (Lipinski definition) is 1. The van der Waals surface area contributed by atoms with E-state index in [-0.39, 0.29) is 0 Å². The van der Waals surface area contributed by atoms with Crippen molar-refractivity contribution in [1.82, 2.24) is 10.3 Å². The van der Waals surface area contributed by atoms with Crippen LogP contribution >= 0.6 is 38.6 Å². The molecule has 1 N–H and O–H groups in total. The highest BCUT2D eigenvalue weighted by molar-refractivity contribution is 9.11. The summed E-state index contributed by atoms with van der Waals surface area (Å²) in [6.07, 6.45) is 1.98. The first-order valence-corrected chi connectivity index (χ1v) is 9.13. The molecule has 20 heavy (non-hydrogen) atoms. The van der Waals surface area contributed by atoms with Crippen LogP contribution in [0.4, 0.5) is 5.13 Å². The fraction of sp³-hybridized carbons (Fsp3) is 0.500. The zero-order valence-corrected chi connectivity index (χ0v) is 15.2. The van der Waals surface area contributed by atoms with E-state index < -0.39 is 0 Å². The Bertz CT molecular complexity index is 536. The van der Waals surface area contributed by atoms with Crippen molar-refractivity contribution in [2.75, 3.05) is 18.5 Å². The Labute approximate surface area is 137 Å². The molecule has 2 aromatic rings. The average Bonchev–Trinajstić information content (AvgIpc) is 2.98. The molecule has 0 aliphatic carbocycles. The number of hydrogen-bond acceptors (Lipinski definition) is 5. The molecule has 0 radical (unpaired) electrons. The maximum Gasteiger partial charge on any atom is 0.185 e. The molecule has 0 spiro atoms. The van der Waals surface area contributed by atoms with Gasteiger partial charge < -0.3 is 10.2 Å². The van der Waals surface area contributed by atoms with Gasteiger partial charge in [-0.2, -0.15) is 0 Å². The summed E-state index contributed by atoms with van der Waals surface area (Å²) in [4.78, 5) is 8.00. The maximum absolute atomic E-state index is 4.51. The largest absolute Gasteiger partial charge is 0.347 e.